The zero-order valence-corrected chi connectivity index (χ0v) is 29.8. The fourth-order valence-electron chi connectivity index (χ4n) is 7.36. The second-order valence-corrected chi connectivity index (χ2v) is 15.2. The highest BCUT2D eigenvalue weighted by molar-refractivity contribution is 6.35. The van der Waals surface area contributed by atoms with E-state index in [1.54, 1.807) is 24.4 Å². The minimum atomic E-state index is -0.452. The smallest absolute Gasteiger partial charge is 0.410 e. The molecule has 0 unspecified atom stereocenters. The van der Waals surface area contributed by atoms with Crippen LogP contribution in [0.25, 0.3) is 11.0 Å². The van der Waals surface area contributed by atoms with Crippen molar-refractivity contribution in [1.82, 2.24) is 29.7 Å². The van der Waals surface area contributed by atoms with Crippen LogP contribution in [0.2, 0.25) is 5.02 Å². The Morgan fingerprint density at radius 3 is 2.38 bits per heavy atom. The Morgan fingerprint density at radius 1 is 0.940 bits per heavy atom. The van der Waals surface area contributed by atoms with Crippen LogP contribution in [0.3, 0.4) is 0 Å². The molecular weight excluding hydrogens is 654 g/mol. The molecule has 0 aliphatic carbocycles. The summed E-state index contributed by atoms with van der Waals surface area (Å²) in [6, 6.07) is 15.4. The maximum atomic E-state index is 13.8. The summed E-state index contributed by atoms with van der Waals surface area (Å²) < 4.78 is 11.4. The van der Waals surface area contributed by atoms with Crippen molar-refractivity contribution in [2.45, 2.75) is 64.1 Å². The number of anilines is 1. The van der Waals surface area contributed by atoms with Crippen LogP contribution in [0.15, 0.2) is 61.1 Å². The van der Waals surface area contributed by atoms with E-state index in [1.165, 1.54) is 19.2 Å². The van der Waals surface area contributed by atoms with Crippen LogP contribution in [-0.2, 0) is 4.74 Å². The Labute approximate surface area is 298 Å². The summed E-state index contributed by atoms with van der Waals surface area (Å²) in [7, 11) is 0. The Balaban J connectivity index is 0.906. The van der Waals surface area contributed by atoms with E-state index in [0.717, 1.165) is 58.7 Å². The molecule has 0 spiro atoms. The van der Waals surface area contributed by atoms with Crippen LogP contribution in [0.1, 0.15) is 62.4 Å². The van der Waals surface area contributed by atoms with E-state index in [4.69, 9.17) is 21.1 Å². The number of ether oxygens (including phenoxy) is 2. The fourth-order valence-corrected chi connectivity index (χ4v) is 7.62. The number of aromatic nitrogens is 3. The minimum absolute atomic E-state index is 0.196. The standard InChI is InChI=1S/C38H46ClN7O4/c1-38(2,3)50-37(48)46-22-25(23-46)21-44-15-13-27(14-16-44)45-17-11-26(12-18-45)43-36-33-31(20-40-35(33)41-24-42-36)34(47)30-10-9-29(19-32(30)39)49-28-7-5-4-6-8-28/h4-10,19-20,24-27H,11-18,21-23H2,1-3H3,(H2,40,41,42,43). The molecule has 0 saturated carbocycles. The van der Waals surface area contributed by atoms with Gasteiger partial charge in [0.05, 0.1) is 16.0 Å². The summed E-state index contributed by atoms with van der Waals surface area (Å²) in [5, 5.41) is 4.64. The van der Waals surface area contributed by atoms with Crippen molar-refractivity contribution >= 4 is 40.3 Å². The number of nitrogens with zero attached hydrogens (tertiary/aromatic N) is 5. The molecular formula is C38H46ClN7O4. The van der Waals surface area contributed by atoms with Crippen LogP contribution < -0.4 is 10.1 Å². The molecule has 3 aliphatic heterocycles. The van der Waals surface area contributed by atoms with Gasteiger partial charge in [-0.05, 0) is 83.8 Å². The second-order valence-electron chi connectivity index (χ2n) is 14.8. The van der Waals surface area contributed by atoms with E-state index in [9.17, 15) is 9.59 Å². The highest BCUT2D eigenvalue weighted by Crippen LogP contribution is 2.32. The normalized spacial score (nSPS) is 18.6. The molecule has 2 aromatic carbocycles. The van der Waals surface area contributed by atoms with Crippen LogP contribution in [0, 0.1) is 5.92 Å². The molecule has 264 valence electrons. The highest BCUT2D eigenvalue weighted by Gasteiger charge is 2.36. The largest absolute Gasteiger partial charge is 0.457 e. The number of hydrogen-bond acceptors (Lipinski definition) is 9. The minimum Gasteiger partial charge on any atom is -0.457 e. The number of halogens is 1. The van der Waals surface area contributed by atoms with E-state index < -0.39 is 5.60 Å². The predicted molar refractivity (Wildman–Crippen MR) is 194 cm³/mol. The SMILES string of the molecule is CC(C)(C)OC(=O)N1CC(CN2CCC(N3CCC(Nc4ncnc5[nH]cc(C(=O)c6ccc(Oc7ccccc7)cc6Cl)c45)CC3)CC2)C1. The third-order valence-corrected chi connectivity index (χ3v) is 10.3. The summed E-state index contributed by atoms with van der Waals surface area (Å²) >= 11 is 6.62. The maximum Gasteiger partial charge on any atom is 0.410 e. The molecule has 1 amide bonds. The number of aromatic amines is 1. The van der Waals surface area contributed by atoms with Crippen molar-refractivity contribution in [3.8, 4) is 11.5 Å². The van der Waals surface area contributed by atoms with Gasteiger partial charge >= 0.3 is 6.09 Å². The number of carbonyl (C=O) groups is 2. The summed E-state index contributed by atoms with van der Waals surface area (Å²) in [4.78, 5) is 45.3. The van der Waals surface area contributed by atoms with Crippen LogP contribution >= 0.6 is 11.6 Å². The van der Waals surface area contributed by atoms with Gasteiger partial charge in [0, 0.05) is 68.6 Å². The molecule has 0 bridgehead atoms. The number of nitrogens with one attached hydrogen (secondary N) is 2. The van der Waals surface area contributed by atoms with Gasteiger partial charge in [0.2, 0.25) is 0 Å². The highest BCUT2D eigenvalue weighted by atomic mass is 35.5. The number of fused-ring (bicyclic) bond motifs is 1. The zero-order valence-electron chi connectivity index (χ0n) is 29.0. The molecule has 11 nitrogen and oxygen atoms in total. The van der Waals surface area contributed by atoms with Crippen molar-refractivity contribution in [2.24, 2.45) is 5.92 Å². The van der Waals surface area contributed by atoms with E-state index in [1.807, 2.05) is 56.0 Å². The predicted octanol–water partition coefficient (Wildman–Crippen LogP) is 6.84. The van der Waals surface area contributed by atoms with Crippen molar-refractivity contribution < 1.29 is 19.1 Å². The molecule has 0 atom stereocenters. The Bertz CT molecular complexity index is 1800. The van der Waals surface area contributed by atoms with Gasteiger partial charge < -0.3 is 34.5 Å². The third kappa shape index (κ3) is 7.90. The Hall–Kier alpha value is -4.19. The number of likely N-dealkylation sites (tertiary alicyclic amines) is 3. The summed E-state index contributed by atoms with van der Waals surface area (Å²) in [6.45, 7) is 12.6. The lowest BCUT2D eigenvalue weighted by Crippen LogP contribution is -2.56. The van der Waals surface area contributed by atoms with Crippen molar-refractivity contribution in [3.63, 3.8) is 0 Å². The number of amides is 1. The molecule has 12 heteroatoms. The molecule has 0 radical (unpaired) electrons. The van der Waals surface area contributed by atoms with Gasteiger partial charge in [-0.3, -0.25) is 4.79 Å². The fraction of sp³-hybridized carbons (Fsp3) is 0.474. The number of H-pyrrole nitrogens is 1. The lowest BCUT2D eigenvalue weighted by atomic mass is 9.95. The molecule has 3 fully saturated rings. The van der Waals surface area contributed by atoms with E-state index in [0.29, 0.717) is 56.5 Å². The van der Waals surface area contributed by atoms with Crippen LogP contribution in [0.4, 0.5) is 10.6 Å². The average molecular weight is 700 g/mol. The van der Waals surface area contributed by atoms with Crippen LogP contribution in [-0.4, -0.2) is 105 Å². The lowest BCUT2D eigenvalue weighted by Gasteiger charge is -2.45. The van der Waals surface area contributed by atoms with Crippen molar-refractivity contribution in [2.75, 3.05) is 51.1 Å². The number of benzene rings is 2. The van der Waals surface area contributed by atoms with E-state index >= 15 is 0 Å². The number of para-hydroxylation sites is 1. The van der Waals surface area contributed by atoms with Gasteiger partial charge in [0.15, 0.2) is 5.78 Å². The molecule has 3 saturated heterocycles. The van der Waals surface area contributed by atoms with Crippen molar-refractivity contribution in [3.05, 3.63) is 77.2 Å². The second kappa shape index (κ2) is 14.6. The topological polar surface area (TPSA) is 116 Å². The third-order valence-electron chi connectivity index (χ3n) is 9.95. The number of piperidine rings is 2. The summed E-state index contributed by atoms with van der Waals surface area (Å²) in [5.41, 5.74) is 1.02. The van der Waals surface area contributed by atoms with Gasteiger partial charge in [-0.1, -0.05) is 29.8 Å². The first-order chi connectivity index (χ1) is 24.1. The number of hydrogen-bond donors (Lipinski definition) is 2. The van der Waals surface area contributed by atoms with Gasteiger partial charge in [-0.15, -0.1) is 0 Å². The average Bonchev–Trinajstić information content (AvgIpc) is 3.52. The number of carbonyl (C=O) groups excluding carboxylic acids is 2. The van der Waals surface area contributed by atoms with Gasteiger partial charge in [0.25, 0.3) is 0 Å². The Kier molecular flexibility index (Phi) is 9.99. The summed E-state index contributed by atoms with van der Waals surface area (Å²) in [5.74, 6) is 2.23. The molecule has 50 heavy (non-hydrogen) atoms. The van der Waals surface area contributed by atoms with Crippen molar-refractivity contribution in [1.29, 1.82) is 0 Å². The molecule has 3 aliphatic rings. The van der Waals surface area contributed by atoms with Gasteiger partial charge in [-0.2, -0.15) is 0 Å². The summed E-state index contributed by atoms with van der Waals surface area (Å²) in [6.07, 6.45) is 7.35. The first kappa shape index (κ1) is 34.3. The first-order valence-corrected chi connectivity index (χ1v) is 18.1. The first-order valence-electron chi connectivity index (χ1n) is 17.7. The molecule has 4 aromatic rings. The maximum absolute atomic E-state index is 13.8. The number of ketones is 1. The molecule has 2 aromatic heterocycles. The molecule has 7 rings (SSSR count). The quantitative estimate of drug-likeness (QED) is 0.181. The van der Waals surface area contributed by atoms with E-state index in [2.05, 4.69) is 30.1 Å². The van der Waals surface area contributed by atoms with Gasteiger partial charge in [-0.25, -0.2) is 14.8 Å². The molecule has 2 N–H and O–H groups in total. The zero-order chi connectivity index (χ0) is 34.8. The Morgan fingerprint density at radius 2 is 1.68 bits per heavy atom. The molecule has 5 heterocycles. The van der Waals surface area contributed by atoms with E-state index in [-0.39, 0.29) is 17.9 Å². The monoisotopic (exact) mass is 699 g/mol. The van der Waals surface area contributed by atoms with Gasteiger partial charge in [0.1, 0.15) is 34.9 Å². The lowest BCUT2D eigenvalue weighted by molar-refractivity contribution is -0.00933. The van der Waals surface area contributed by atoms with Crippen LogP contribution in [0.5, 0.6) is 11.5 Å². The number of rotatable bonds is 9.